The molecule has 96 valence electrons. The van der Waals surface area contributed by atoms with E-state index in [1.54, 1.807) is 18.2 Å². The molecule has 7 heteroatoms. The Hall–Kier alpha value is -1.14. The highest BCUT2D eigenvalue weighted by Gasteiger charge is 2.14. The van der Waals surface area contributed by atoms with Crippen molar-refractivity contribution in [2.45, 2.75) is 12.5 Å². The predicted molar refractivity (Wildman–Crippen MR) is 67.6 cm³/mol. The number of nitrogens with two attached hydrogens (primary N) is 1. The van der Waals surface area contributed by atoms with Crippen LogP contribution in [0.25, 0.3) is 0 Å². The van der Waals surface area contributed by atoms with E-state index in [1.807, 2.05) is 0 Å². The van der Waals surface area contributed by atoms with Crippen LogP contribution in [0.5, 0.6) is 0 Å². The quantitative estimate of drug-likeness (QED) is 0.898. The van der Waals surface area contributed by atoms with Crippen molar-refractivity contribution in [3.63, 3.8) is 0 Å². The van der Waals surface area contributed by atoms with Crippen molar-refractivity contribution in [1.82, 2.24) is 10.1 Å². The molecule has 5 nitrogen and oxygen atoms in total. The molecule has 0 aliphatic carbocycles. The summed E-state index contributed by atoms with van der Waals surface area (Å²) >= 11 is 11.8. The highest BCUT2D eigenvalue weighted by Crippen LogP contribution is 2.22. The Bertz CT molecular complexity index is 545. The van der Waals surface area contributed by atoms with E-state index >= 15 is 0 Å². The maximum atomic E-state index is 8.87. The van der Waals surface area contributed by atoms with Gasteiger partial charge in [-0.15, -0.1) is 0 Å². The van der Waals surface area contributed by atoms with Crippen molar-refractivity contribution in [2.24, 2.45) is 5.73 Å². The molecular weight excluding hydrogens is 277 g/mol. The number of aliphatic hydroxyl groups is 1. The minimum absolute atomic E-state index is 0.206. The maximum absolute atomic E-state index is 8.87. The topological polar surface area (TPSA) is 85.2 Å². The summed E-state index contributed by atoms with van der Waals surface area (Å²) < 4.78 is 4.94. The summed E-state index contributed by atoms with van der Waals surface area (Å²) in [5, 5.41) is 13.8. The summed E-state index contributed by atoms with van der Waals surface area (Å²) in [5.41, 5.74) is 6.40. The molecular formula is C11H11Cl2N3O2. The number of hydrogen-bond acceptors (Lipinski definition) is 5. The van der Waals surface area contributed by atoms with Gasteiger partial charge in [0.15, 0.2) is 5.82 Å². The Morgan fingerprint density at radius 1 is 1.39 bits per heavy atom. The molecule has 0 aliphatic heterocycles. The first-order valence-corrected chi connectivity index (χ1v) is 5.98. The Kier molecular flexibility index (Phi) is 4.19. The molecule has 0 bridgehead atoms. The van der Waals surface area contributed by atoms with Gasteiger partial charge in [0.25, 0.3) is 0 Å². The molecule has 1 atom stereocenters. The van der Waals surface area contributed by atoms with Gasteiger partial charge in [-0.1, -0.05) is 34.4 Å². The molecule has 0 saturated carbocycles. The van der Waals surface area contributed by atoms with Crippen LogP contribution in [0.15, 0.2) is 22.7 Å². The Labute approximate surface area is 114 Å². The van der Waals surface area contributed by atoms with Crippen molar-refractivity contribution >= 4 is 23.2 Å². The normalized spacial score (nSPS) is 12.7. The Morgan fingerprint density at radius 3 is 2.83 bits per heavy atom. The lowest BCUT2D eigenvalue weighted by atomic mass is 10.1. The fraction of sp³-hybridized carbons (Fsp3) is 0.273. The molecule has 1 aromatic carbocycles. The van der Waals surface area contributed by atoms with Crippen molar-refractivity contribution < 1.29 is 9.63 Å². The van der Waals surface area contributed by atoms with Gasteiger partial charge in [-0.2, -0.15) is 4.98 Å². The lowest BCUT2D eigenvalue weighted by Gasteiger charge is -2.01. The molecule has 0 fully saturated rings. The number of halogens is 2. The SMILES string of the molecule is NC(CO)c1nc(Cc2ccc(Cl)cc2Cl)no1. The van der Waals surface area contributed by atoms with Gasteiger partial charge < -0.3 is 15.4 Å². The first-order valence-electron chi connectivity index (χ1n) is 5.23. The van der Waals surface area contributed by atoms with E-state index in [9.17, 15) is 0 Å². The number of hydrogen-bond donors (Lipinski definition) is 2. The number of aromatic nitrogens is 2. The van der Waals surface area contributed by atoms with Crippen LogP contribution in [-0.4, -0.2) is 21.9 Å². The first kappa shape index (κ1) is 13.3. The summed E-state index contributed by atoms with van der Waals surface area (Å²) in [6.45, 7) is -0.247. The predicted octanol–water partition coefficient (Wildman–Crippen LogP) is 1.96. The standard InChI is InChI=1S/C11H11Cl2N3O2/c12-7-2-1-6(8(13)4-7)3-10-15-11(18-16-10)9(14)5-17/h1-2,4,9,17H,3,5,14H2. The van der Waals surface area contributed by atoms with Crippen LogP contribution in [0.3, 0.4) is 0 Å². The summed E-state index contributed by atoms with van der Waals surface area (Å²) in [6.07, 6.45) is 0.414. The largest absolute Gasteiger partial charge is 0.394 e. The van der Waals surface area contributed by atoms with E-state index in [4.69, 9.17) is 38.6 Å². The average molecular weight is 288 g/mol. The highest BCUT2D eigenvalue weighted by molar-refractivity contribution is 6.35. The third-order valence-corrected chi connectivity index (χ3v) is 2.95. The molecule has 3 N–H and O–H groups in total. The van der Waals surface area contributed by atoms with Gasteiger partial charge in [-0.05, 0) is 17.7 Å². The van der Waals surface area contributed by atoms with Gasteiger partial charge in [-0.25, -0.2) is 0 Å². The lowest BCUT2D eigenvalue weighted by molar-refractivity contribution is 0.236. The maximum Gasteiger partial charge on any atom is 0.245 e. The highest BCUT2D eigenvalue weighted by atomic mass is 35.5. The summed E-state index contributed by atoms with van der Waals surface area (Å²) in [7, 11) is 0. The van der Waals surface area contributed by atoms with Crippen LogP contribution >= 0.6 is 23.2 Å². The van der Waals surface area contributed by atoms with E-state index in [-0.39, 0.29) is 12.5 Å². The zero-order chi connectivity index (χ0) is 13.1. The minimum atomic E-state index is -0.660. The van der Waals surface area contributed by atoms with Crippen molar-refractivity contribution in [2.75, 3.05) is 6.61 Å². The second kappa shape index (κ2) is 5.67. The second-order valence-electron chi connectivity index (χ2n) is 3.75. The van der Waals surface area contributed by atoms with Gasteiger partial charge in [-0.3, -0.25) is 0 Å². The lowest BCUT2D eigenvalue weighted by Crippen LogP contribution is -2.14. The molecule has 1 aromatic heterocycles. The fourth-order valence-electron chi connectivity index (χ4n) is 1.40. The summed E-state index contributed by atoms with van der Waals surface area (Å²) in [4.78, 5) is 4.09. The van der Waals surface area contributed by atoms with Gasteiger partial charge in [0.05, 0.1) is 6.61 Å². The fourth-order valence-corrected chi connectivity index (χ4v) is 1.88. The number of nitrogens with zero attached hydrogens (tertiary/aromatic N) is 2. The monoisotopic (exact) mass is 287 g/mol. The van der Waals surface area contributed by atoms with Gasteiger partial charge in [0.1, 0.15) is 6.04 Å². The van der Waals surface area contributed by atoms with Gasteiger partial charge in [0, 0.05) is 16.5 Å². The molecule has 18 heavy (non-hydrogen) atoms. The molecule has 0 saturated heterocycles. The van der Waals surface area contributed by atoms with Crippen LogP contribution in [-0.2, 0) is 6.42 Å². The van der Waals surface area contributed by atoms with E-state index in [1.165, 1.54) is 0 Å². The molecule has 0 radical (unpaired) electrons. The zero-order valence-electron chi connectivity index (χ0n) is 9.31. The van der Waals surface area contributed by atoms with E-state index in [0.717, 1.165) is 5.56 Å². The van der Waals surface area contributed by atoms with E-state index < -0.39 is 6.04 Å². The average Bonchev–Trinajstić information content (AvgIpc) is 2.80. The molecule has 0 amide bonds. The number of benzene rings is 1. The van der Waals surface area contributed by atoms with Crippen molar-refractivity contribution in [3.8, 4) is 0 Å². The van der Waals surface area contributed by atoms with Crippen molar-refractivity contribution in [1.29, 1.82) is 0 Å². The first-order chi connectivity index (χ1) is 8.60. The number of rotatable bonds is 4. The van der Waals surface area contributed by atoms with Crippen LogP contribution in [0.1, 0.15) is 23.3 Å². The van der Waals surface area contributed by atoms with Crippen LogP contribution in [0.2, 0.25) is 10.0 Å². The summed E-state index contributed by atoms with van der Waals surface area (Å²) in [5.74, 6) is 0.663. The Balaban J connectivity index is 2.16. The molecule has 0 aliphatic rings. The smallest absolute Gasteiger partial charge is 0.245 e. The molecule has 2 aromatic rings. The third-order valence-electron chi connectivity index (χ3n) is 2.36. The number of aliphatic hydroxyl groups excluding tert-OH is 1. The van der Waals surface area contributed by atoms with Crippen molar-refractivity contribution in [3.05, 3.63) is 45.5 Å². The Morgan fingerprint density at radius 2 is 2.17 bits per heavy atom. The second-order valence-corrected chi connectivity index (χ2v) is 4.59. The van der Waals surface area contributed by atoms with Crippen LogP contribution in [0, 0.1) is 0 Å². The summed E-state index contributed by atoms with van der Waals surface area (Å²) in [6, 6.07) is 4.53. The molecule has 0 spiro atoms. The van der Waals surface area contributed by atoms with Crippen LogP contribution < -0.4 is 5.73 Å². The minimum Gasteiger partial charge on any atom is -0.394 e. The van der Waals surface area contributed by atoms with Gasteiger partial charge >= 0.3 is 0 Å². The van der Waals surface area contributed by atoms with Crippen LogP contribution in [0.4, 0.5) is 0 Å². The third kappa shape index (κ3) is 3.00. The molecule has 1 unspecified atom stereocenters. The van der Waals surface area contributed by atoms with E-state index in [0.29, 0.717) is 22.3 Å². The van der Waals surface area contributed by atoms with E-state index in [2.05, 4.69) is 10.1 Å². The zero-order valence-corrected chi connectivity index (χ0v) is 10.8. The molecule has 2 rings (SSSR count). The molecule has 1 heterocycles. The van der Waals surface area contributed by atoms with Gasteiger partial charge in [0.2, 0.25) is 5.89 Å².